The molecule has 4 heteroatoms. The van der Waals surface area contributed by atoms with Crippen LogP contribution >= 0.6 is 0 Å². The summed E-state index contributed by atoms with van der Waals surface area (Å²) in [5.41, 5.74) is -0.464. The third-order valence-corrected chi connectivity index (χ3v) is 7.72. The minimum absolute atomic E-state index is 0.105. The monoisotopic (exact) mass is 275 g/mol. The first-order valence-electron chi connectivity index (χ1n) is 7.91. The Morgan fingerprint density at radius 2 is 1.20 bits per heavy atom. The number of aliphatic carboxylic acids is 1. The Bertz CT molecular complexity index is 517. The van der Waals surface area contributed by atoms with E-state index in [1.165, 1.54) is 0 Å². The van der Waals surface area contributed by atoms with Crippen molar-refractivity contribution in [1.82, 2.24) is 4.90 Å². The molecule has 0 radical (unpaired) electrons. The van der Waals surface area contributed by atoms with Gasteiger partial charge in [0.15, 0.2) is 0 Å². The zero-order chi connectivity index (χ0) is 14.4. The van der Waals surface area contributed by atoms with Crippen molar-refractivity contribution in [2.75, 3.05) is 0 Å². The van der Waals surface area contributed by atoms with Crippen LogP contribution in [-0.2, 0) is 9.59 Å². The first-order valence-corrected chi connectivity index (χ1v) is 7.91. The number of carboxylic acids is 1. The Labute approximate surface area is 118 Å². The van der Waals surface area contributed by atoms with E-state index < -0.39 is 5.97 Å². The summed E-state index contributed by atoms with van der Waals surface area (Å²) in [6.07, 6.45) is 0. The quantitative estimate of drug-likeness (QED) is 0.845. The van der Waals surface area contributed by atoms with Gasteiger partial charge < -0.3 is 10.0 Å². The molecule has 0 aliphatic heterocycles. The fraction of sp³-hybridized carbons (Fsp3) is 0.875. The van der Waals surface area contributed by atoms with E-state index in [-0.39, 0.29) is 22.9 Å². The highest BCUT2D eigenvalue weighted by Gasteiger charge is 3.13. The topological polar surface area (TPSA) is 57.6 Å². The first-order chi connectivity index (χ1) is 9.35. The van der Waals surface area contributed by atoms with E-state index in [0.717, 1.165) is 0 Å². The minimum Gasteiger partial charge on any atom is -0.481 e. The fourth-order valence-corrected chi connectivity index (χ4v) is 7.67. The number of amides is 1. The van der Waals surface area contributed by atoms with Crippen LogP contribution in [0.25, 0.3) is 0 Å². The highest BCUT2D eigenvalue weighted by Crippen LogP contribution is 3.10. The van der Waals surface area contributed by atoms with E-state index in [4.69, 9.17) is 0 Å². The number of carbonyl (C=O) groups excluding carboxylic acids is 1. The van der Waals surface area contributed by atoms with Gasteiger partial charge in [0.1, 0.15) is 0 Å². The van der Waals surface area contributed by atoms with Gasteiger partial charge in [-0.25, -0.2) is 0 Å². The Balaban J connectivity index is 1.46. The van der Waals surface area contributed by atoms with Crippen LogP contribution in [0.2, 0.25) is 0 Å². The zero-order valence-corrected chi connectivity index (χ0v) is 12.3. The molecular weight excluding hydrogens is 254 g/mol. The molecule has 1 amide bonds. The summed E-state index contributed by atoms with van der Waals surface area (Å²) >= 11 is 0. The maximum atomic E-state index is 13.1. The van der Waals surface area contributed by atoms with Crippen LogP contribution in [0.15, 0.2) is 0 Å². The number of nitrogens with zero attached hydrogens (tertiary/aromatic N) is 1. The summed E-state index contributed by atoms with van der Waals surface area (Å²) in [7, 11) is 0. The third kappa shape index (κ3) is 0.626. The molecule has 0 aromatic rings. The van der Waals surface area contributed by atoms with Gasteiger partial charge in [-0.3, -0.25) is 9.59 Å². The average Bonchev–Trinajstić information content (AvgIpc) is 2.36. The molecule has 0 aromatic heterocycles. The second-order valence-corrected chi connectivity index (χ2v) is 8.23. The van der Waals surface area contributed by atoms with E-state index in [0.29, 0.717) is 41.4 Å². The zero-order valence-electron chi connectivity index (χ0n) is 12.3. The van der Waals surface area contributed by atoms with Crippen LogP contribution in [0.4, 0.5) is 0 Å². The van der Waals surface area contributed by atoms with Crippen molar-refractivity contribution in [1.29, 1.82) is 0 Å². The van der Waals surface area contributed by atoms with Gasteiger partial charge in [0.25, 0.3) is 0 Å². The summed E-state index contributed by atoms with van der Waals surface area (Å²) in [5, 5.41) is 9.48. The van der Waals surface area contributed by atoms with Crippen molar-refractivity contribution in [3.63, 3.8) is 0 Å². The molecule has 108 valence electrons. The van der Waals surface area contributed by atoms with Gasteiger partial charge in [-0.15, -0.1) is 0 Å². The lowest BCUT2D eigenvalue weighted by atomic mass is 8.92. The SMILES string of the molecule is CC(C)N(C(=O)C12C3C4C1C1C2C3C41C(=O)O)C(C)C. The third-order valence-electron chi connectivity index (χ3n) is 7.72. The van der Waals surface area contributed by atoms with Gasteiger partial charge in [0.2, 0.25) is 5.91 Å². The molecule has 0 saturated heterocycles. The lowest BCUT2D eigenvalue weighted by Crippen LogP contribution is -3.12. The summed E-state index contributed by atoms with van der Waals surface area (Å²) in [4.78, 5) is 26.6. The summed E-state index contributed by atoms with van der Waals surface area (Å²) < 4.78 is 0. The van der Waals surface area contributed by atoms with E-state index in [1.807, 2.05) is 4.90 Å². The molecule has 4 nitrogen and oxygen atoms in total. The Hall–Kier alpha value is -1.06. The van der Waals surface area contributed by atoms with Crippen LogP contribution in [0.5, 0.6) is 0 Å². The molecule has 6 fully saturated rings. The van der Waals surface area contributed by atoms with Gasteiger partial charge in [-0.2, -0.15) is 0 Å². The Kier molecular flexibility index (Phi) is 1.54. The maximum Gasteiger partial charge on any atom is 0.310 e. The second-order valence-electron chi connectivity index (χ2n) is 8.23. The highest BCUT2D eigenvalue weighted by atomic mass is 16.4. The van der Waals surface area contributed by atoms with E-state index in [1.54, 1.807) is 0 Å². The molecule has 6 aliphatic rings. The van der Waals surface area contributed by atoms with E-state index in [9.17, 15) is 14.7 Å². The molecular formula is C16H21NO3. The van der Waals surface area contributed by atoms with Crippen LogP contribution in [0, 0.1) is 46.3 Å². The number of carbonyl (C=O) groups is 2. The smallest absolute Gasteiger partial charge is 0.310 e. The summed E-state index contributed by atoms with van der Waals surface area (Å²) in [5.74, 6) is 2.08. The Morgan fingerprint density at radius 1 is 0.850 bits per heavy atom. The standard InChI is InChI=1S/C16H21NO3/c1-5(2)17(6(3)4)13(18)15-7-10-8(15)12-9(15)11(7)16(10,12)14(19)20/h5-12H,1-4H3,(H,19,20). The molecule has 0 heterocycles. The predicted octanol–water partition coefficient (Wildman–Crippen LogP) is 1.45. The van der Waals surface area contributed by atoms with Gasteiger partial charge in [-0.1, -0.05) is 0 Å². The first kappa shape index (κ1) is 11.6. The van der Waals surface area contributed by atoms with Crippen LogP contribution in [0.3, 0.4) is 0 Å². The van der Waals surface area contributed by atoms with E-state index in [2.05, 4.69) is 27.7 Å². The molecule has 0 unspecified atom stereocenters. The minimum atomic E-state index is -0.577. The molecule has 0 aromatic carbocycles. The number of carboxylic acid groups (broad SMARTS) is 1. The van der Waals surface area contributed by atoms with Gasteiger partial charge >= 0.3 is 5.97 Å². The van der Waals surface area contributed by atoms with Crippen molar-refractivity contribution in [3.8, 4) is 0 Å². The number of hydrogen-bond donors (Lipinski definition) is 1. The molecule has 1 N–H and O–H groups in total. The van der Waals surface area contributed by atoms with Crippen molar-refractivity contribution in [2.24, 2.45) is 46.3 Å². The number of hydrogen-bond acceptors (Lipinski definition) is 2. The lowest BCUT2D eigenvalue weighted by molar-refractivity contribution is -0.627. The van der Waals surface area contributed by atoms with Gasteiger partial charge in [-0.05, 0) is 63.2 Å². The molecule has 6 rings (SSSR count). The molecule has 6 saturated carbocycles. The van der Waals surface area contributed by atoms with E-state index >= 15 is 0 Å². The lowest BCUT2D eigenvalue weighted by Gasteiger charge is -3.09. The number of rotatable bonds is 4. The predicted molar refractivity (Wildman–Crippen MR) is 70.6 cm³/mol. The normalized spacial score (nSPS) is 57.9. The molecule has 0 atom stereocenters. The summed E-state index contributed by atoms with van der Waals surface area (Å²) in [6, 6.07) is 0.466. The highest BCUT2D eigenvalue weighted by molar-refractivity contribution is 5.98. The maximum absolute atomic E-state index is 13.1. The fourth-order valence-electron chi connectivity index (χ4n) is 7.67. The van der Waals surface area contributed by atoms with Crippen molar-refractivity contribution < 1.29 is 14.7 Å². The van der Waals surface area contributed by atoms with Crippen molar-refractivity contribution >= 4 is 11.9 Å². The summed E-state index contributed by atoms with van der Waals surface area (Å²) in [6.45, 7) is 8.33. The largest absolute Gasteiger partial charge is 0.481 e. The van der Waals surface area contributed by atoms with Crippen LogP contribution in [-0.4, -0.2) is 34.0 Å². The van der Waals surface area contributed by atoms with Gasteiger partial charge in [0, 0.05) is 12.1 Å². The van der Waals surface area contributed by atoms with Gasteiger partial charge in [0.05, 0.1) is 10.8 Å². The molecule has 0 spiro atoms. The molecule has 6 aliphatic carbocycles. The second kappa shape index (κ2) is 2.67. The average molecular weight is 275 g/mol. The van der Waals surface area contributed by atoms with Crippen molar-refractivity contribution in [2.45, 2.75) is 39.8 Å². The van der Waals surface area contributed by atoms with Crippen molar-refractivity contribution in [3.05, 3.63) is 0 Å². The van der Waals surface area contributed by atoms with Crippen LogP contribution in [0.1, 0.15) is 27.7 Å². The Morgan fingerprint density at radius 3 is 1.50 bits per heavy atom. The molecule has 20 heavy (non-hydrogen) atoms. The van der Waals surface area contributed by atoms with Crippen LogP contribution < -0.4 is 0 Å². The molecule has 0 bridgehead atoms.